The molecule has 0 radical (unpaired) electrons. The van der Waals surface area contributed by atoms with Crippen LogP contribution in [0.4, 0.5) is 0 Å². The molecule has 3 heteroatoms. The van der Waals surface area contributed by atoms with Crippen LogP contribution in [0, 0.1) is 0 Å². The second kappa shape index (κ2) is 6.22. The first-order valence-electron chi connectivity index (χ1n) is 7.90. The van der Waals surface area contributed by atoms with Gasteiger partial charge in [-0.05, 0) is 25.0 Å². The van der Waals surface area contributed by atoms with Crippen LogP contribution in [0.5, 0.6) is 11.5 Å². The second-order valence-corrected chi connectivity index (χ2v) is 5.63. The summed E-state index contributed by atoms with van der Waals surface area (Å²) in [5.41, 5.74) is 1.87. The number of benzene rings is 2. The lowest BCUT2D eigenvalue weighted by atomic mass is 9.87. The van der Waals surface area contributed by atoms with Crippen LogP contribution in [0.1, 0.15) is 43.7 Å². The van der Waals surface area contributed by atoms with Gasteiger partial charge in [0.15, 0.2) is 0 Å². The zero-order valence-electron chi connectivity index (χ0n) is 13.0. The average molecular weight is 295 g/mol. The molecule has 1 amide bonds. The van der Waals surface area contributed by atoms with Gasteiger partial charge in [0.1, 0.15) is 11.5 Å². The monoisotopic (exact) mass is 295 g/mol. The summed E-state index contributed by atoms with van der Waals surface area (Å²) in [5, 5.41) is 3.17. The third-order valence-corrected chi connectivity index (χ3v) is 4.27. The molecule has 0 spiro atoms. The quantitative estimate of drug-likeness (QED) is 0.916. The average Bonchev–Trinajstić information content (AvgIpc) is 2.57. The van der Waals surface area contributed by atoms with Crippen molar-refractivity contribution in [3.05, 3.63) is 59.7 Å². The molecule has 114 valence electrons. The van der Waals surface area contributed by atoms with E-state index in [2.05, 4.69) is 19.2 Å². The van der Waals surface area contributed by atoms with E-state index < -0.39 is 0 Å². The molecular weight excluding hydrogens is 274 g/mol. The maximum atomic E-state index is 12.9. The Morgan fingerprint density at radius 1 is 1.00 bits per heavy atom. The lowest BCUT2D eigenvalue weighted by Crippen LogP contribution is -2.38. The summed E-state index contributed by atoms with van der Waals surface area (Å²) < 4.78 is 5.94. The van der Waals surface area contributed by atoms with E-state index in [9.17, 15) is 4.79 Å². The summed E-state index contributed by atoms with van der Waals surface area (Å²) in [7, 11) is 0. The van der Waals surface area contributed by atoms with Gasteiger partial charge < -0.3 is 10.1 Å². The van der Waals surface area contributed by atoms with Crippen molar-refractivity contribution in [2.24, 2.45) is 0 Å². The van der Waals surface area contributed by atoms with Gasteiger partial charge in [0, 0.05) is 17.2 Å². The third kappa shape index (κ3) is 2.59. The summed E-state index contributed by atoms with van der Waals surface area (Å²) in [4.78, 5) is 12.9. The van der Waals surface area contributed by atoms with E-state index in [0.29, 0.717) is 0 Å². The van der Waals surface area contributed by atoms with Crippen molar-refractivity contribution in [2.75, 3.05) is 0 Å². The van der Waals surface area contributed by atoms with Crippen LogP contribution in [0.15, 0.2) is 48.5 Å². The van der Waals surface area contributed by atoms with Crippen molar-refractivity contribution in [1.29, 1.82) is 0 Å². The molecular formula is C19H21NO2. The Labute approximate surface area is 131 Å². The molecule has 0 aliphatic carbocycles. The standard InChI is InChI=1S/C19H21NO2/c1-3-13(4-2)20-19(21)18-14-9-5-7-11-16(14)22-17-12-8-6-10-15(17)18/h5-13,18H,3-4H2,1-2H3,(H,20,21). The van der Waals surface area contributed by atoms with Gasteiger partial charge >= 0.3 is 0 Å². The number of nitrogens with one attached hydrogen (secondary N) is 1. The van der Waals surface area contributed by atoms with Gasteiger partial charge in [0.25, 0.3) is 0 Å². The Hall–Kier alpha value is -2.29. The van der Waals surface area contributed by atoms with Gasteiger partial charge in [-0.2, -0.15) is 0 Å². The number of para-hydroxylation sites is 2. The van der Waals surface area contributed by atoms with Crippen molar-refractivity contribution < 1.29 is 9.53 Å². The number of carbonyl (C=O) groups is 1. The van der Waals surface area contributed by atoms with Crippen molar-refractivity contribution >= 4 is 5.91 Å². The minimum Gasteiger partial charge on any atom is -0.457 e. The molecule has 2 aromatic carbocycles. The molecule has 0 aromatic heterocycles. The Morgan fingerprint density at radius 3 is 2.00 bits per heavy atom. The van der Waals surface area contributed by atoms with E-state index in [1.807, 2.05) is 48.5 Å². The molecule has 0 bridgehead atoms. The highest BCUT2D eigenvalue weighted by molar-refractivity contribution is 5.89. The summed E-state index contributed by atoms with van der Waals surface area (Å²) in [5.74, 6) is 1.29. The fourth-order valence-electron chi connectivity index (χ4n) is 2.97. The van der Waals surface area contributed by atoms with Crippen LogP contribution in [-0.2, 0) is 4.79 Å². The highest BCUT2D eigenvalue weighted by Gasteiger charge is 2.32. The molecule has 0 saturated carbocycles. The van der Waals surface area contributed by atoms with Gasteiger partial charge in [-0.1, -0.05) is 50.2 Å². The number of ether oxygens (including phenoxy) is 1. The number of hydrogen-bond donors (Lipinski definition) is 1. The Balaban J connectivity index is 2.01. The van der Waals surface area contributed by atoms with E-state index in [0.717, 1.165) is 35.5 Å². The number of carbonyl (C=O) groups excluding carboxylic acids is 1. The van der Waals surface area contributed by atoms with E-state index in [1.54, 1.807) is 0 Å². The van der Waals surface area contributed by atoms with Gasteiger partial charge in [-0.25, -0.2) is 0 Å². The fraction of sp³-hybridized carbons (Fsp3) is 0.316. The van der Waals surface area contributed by atoms with Gasteiger partial charge in [0.2, 0.25) is 5.91 Å². The largest absolute Gasteiger partial charge is 0.457 e. The molecule has 22 heavy (non-hydrogen) atoms. The molecule has 1 aliphatic rings. The van der Waals surface area contributed by atoms with E-state index in [1.165, 1.54) is 0 Å². The first-order valence-corrected chi connectivity index (χ1v) is 7.90. The molecule has 2 aromatic rings. The maximum Gasteiger partial charge on any atom is 0.232 e. The van der Waals surface area contributed by atoms with Crippen LogP contribution in [0.25, 0.3) is 0 Å². The van der Waals surface area contributed by atoms with Crippen molar-refractivity contribution in [1.82, 2.24) is 5.32 Å². The van der Waals surface area contributed by atoms with Gasteiger partial charge in [-0.15, -0.1) is 0 Å². The van der Waals surface area contributed by atoms with E-state index in [-0.39, 0.29) is 17.9 Å². The number of fused-ring (bicyclic) bond motifs is 2. The van der Waals surface area contributed by atoms with Crippen LogP contribution in [0.3, 0.4) is 0 Å². The Kier molecular flexibility index (Phi) is 4.14. The first kappa shape index (κ1) is 14.6. The summed E-state index contributed by atoms with van der Waals surface area (Å²) >= 11 is 0. The van der Waals surface area contributed by atoms with Crippen molar-refractivity contribution in [3.63, 3.8) is 0 Å². The van der Waals surface area contributed by atoms with Crippen LogP contribution >= 0.6 is 0 Å². The predicted octanol–water partition coefficient (Wildman–Crippen LogP) is 4.23. The molecule has 3 nitrogen and oxygen atoms in total. The molecule has 1 aliphatic heterocycles. The van der Waals surface area contributed by atoms with Gasteiger partial charge in [-0.3, -0.25) is 4.79 Å². The van der Waals surface area contributed by atoms with Crippen molar-refractivity contribution in [3.8, 4) is 11.5 Å². The molecule has 0 unspecified atom stereocenters. The van der Waals surface area contributed by atoms with Crippen LogP contribution in [0.2, 0.25) is 0 Å². The predicted molar refractivity (Wildman–Crippen MR) is 87.3 cm³/mol. The van der Waals surface area contributed by atoms with Crippen LogP contribution in [-0.4, -0.2) is 11.9 Å². The molecule has 0 fully saturated rings. The molecule has 3 rings (SSSR count). The summed E-state index contributed by atoms with van der Waals surface area (Å²) in [6.45, 7) is 4.20. The van der Waals surface area contributed by atoms with Crippen molar-refractivity contribution in [2.45, 2.75) is 38.6 Å². The normalized spacial score (nSPS) is 13.2. The zero-order valence-corrected chi connectivity index (χ0v) is 13.0. The SMILES string of the molecule is CCC(CC)NC(=O)C1c2ccccc2Oc2ccccc21. The molecule has 1 heterocycles. The van der Waals surface area contributed by atoms with Crippen LogP contribution < -0.4 is 10.1 Å². The third-order valence-electron chi connectivity index (χ3n) is 4.27. The maximum absolute atomic E-state index is 12.9. The number of rotatable bonds is 4. The van der Waals surface area contributed by atoms with E-state index >= 15 is 0 Å². The van der Waals surface area contributed by atoms with E-state index in [4.69, 9.17) is 4.74 Å². The minimum absolute atomic E-state index is 0.0527. The fourth-order valence-corrected chi connectivity index (χ4v) is 2.97. The highest BCUT2D eigenvalue weighted by Crippen LogP contribution is 2.43. The topological polar surface area (TPSA) is 38.3 Å². The molecule has 0 atom stereocenters. The summed E-state index contributed by atoms with van der Waals surface area (Å²) in [6.07, 6.45) is 1.88. The molecule has 1 N–H and O–H groups in total. The minimum atomic E-state index is -0.304. The highest BCUT2D eigenvalue weighted by atomic mass is 16.5. The Bertz CT molecular complexity index is 631. The number of amides is 1. The Morgan fingerprint density at radius 2 is 1.50 bits per heavy atom. The first-order chi connectivity index (χ1) is 10.7. The molecule has 0 saturated heterocycles. The second-order valence-electron chi connectivity index (χ2n) is 5.63. The lowest BCUT2D eigenvalue weighted by molar-refractivity contribution is -0.122. The lowest BCUT2D eigenvalue weighted by Gasteiger charge is -2.28. The number of hydrogen-bond acceptors (Lipinski definition) is 2. The smallest absolute Gasteiger partial charge is 0.232 e. The zero-order chi connectivity index (χ0) is 15.5. The van der Waals surface area contributed by atoms with Gasteiger partial charge in [0.05, 0.1) is 5.92 Å². The summed E-state index contributed by atoms with van der Waals surface area (Å²) in [6, 6.07) is 15.8.